The number of hydrogen-bond acceptors (Lipinski definition) is 1. The Bertz CT molecular complexity index is 525. The number of ether oxygens (including phenoxy) is 1. The molecule has 0 fully saturated rings. The number of halogens is 2. The highest BCUT2D eigenvalue weighted by molar-refractivity contribution is 6.30. The summed E-state index contributed by atoms with van der Waals surface area (Å²) in [6.07, 6.45) is 0. The largest absolute Gasteiger partial charge is 0.489 e. The maximum Gasteiger partial charge on any atom is 0.126 e. The lowest BCUT2D eigenvalue weighted by Crippen LogP contribution is -1.97. The van der Waals surface area contributed by atoms with Crippen molar-refractivity contribution in [3.05, 3.63) is 64.4 Å². The first-order valence-electron chi connectivity index (χ1n) is 5.28. The van der Waals surface area contributed by atoms with Crippen LogP contribution in [-0.4, -0.2) is 0 Å². The van der Waals surface area contributed by atoms with Crippen LogP contribution >= 0.6 is 11.6 Å². The molecule has 2 aromatic carbocycles. The molecule has 0 aliphatic rings. The van der Waals surface area contributed by atoms with E-state index in [0.29, 0.717) is 17.4 Å². The molecule has 0 N–H and O–H groups in total. The minimum absolute atomic E-state index is 0.295. The zero-order valence-corrected chi connectivity index (χ0v) is 10.2. The van der Waals surface area contributed by atoms with Crippen LogP contribution < -0.4 is 4.74 Å². The standard InChI is InChI=1S/C14H12ClFO/c1-10-5-6-13(16)8-14(10)17-9-11-3-2-4-12(15)7-11/h2-8H,9H2,1H3. The van der Waals surface area contributed by atoms with Gasteiger partial charge in [0.25, 0.3) is 0 Å². The second-order valence-corrected chi connectivity index (χ2v) is 4.26. The van der Waals surface area contributed by atoms with Crippen molar-refractivity contribution < 1.29 is 9.13 Å². The van der Waals surface area contributed by atoms with Crippen molar-refractivity contribution in [2.75, 3.05) is 0 Å². The molecule has 0 unspecified atom stereocenters. The van der Waals surface area contributed by atoms with Gasteiger partial charge in [0, 0.05) is 11.1 Å². The minimum atomic E-state index is -0.295. The molecule has 0 spiro atoms. The third-order valence-corrected chi connectivity index (χ3v) is 2.67. The average molecular weight is 251 g/mol. The molecule has 88 valence electrons. The van der Waals surface area contributed by atoms with E-state index in [0.717, 1.165) is 11.1 Å². The van der Waals surface area contributed by atoms with Crippen LogP contribution in [0.3, 0.4) is 0 Å². The van der Waals surface area contributed by atoms with E-state index >= 15 is 0 Å². The number of aryl methyl sites for hydroxylation is 1. The van der Waals surface area contributed by atoms with E-state index in [1.807, 2.05) is 25.1 Å². The Morgan fingerprint density at radius 1 is 1.18 bits per heavy atom. The monoisotopic (exact) mass is 250 g/mol. The van der Waals surface area contributed by atoms with E-state index in [1.165, 1.54) is 12.1 Å². The van der Waals surface area contributed by atoms with Gasteiger partial charge < -0.3 is 4.74 Å². The lowest BCUT2D eigenvalue weighted by Gasteiger charge is -2.09. The first-order chi connectivity index (χ1) is 8.15. The SMILES string of the molecule is Cc1ccc(F)cc1OCc1cccc(Cl)c1. The summed E-state index contributed by atoms with van der Waals surface area (Å²) >= 11 is 5.87. The zero-order valence-electron chi connectivity index (χ0n) is 9.41. The quantitative estimate of drug-likeness (QED) is 0.786. The Kier molecular flexibility index (Phi) is 3.64. The molecule has 0 aliphatic carbocycles. The summed E-state index contributed by atoms with van der Waals surface area (Å²) in [6, 6.07) is 11.9. The molecule has 0 aliphatic heterocycles. The molecule has 2 rings (SSSR count). The van der Waals surface area contributed by atoms with Gasteiger partial charge in [-0.25, -0.2) is 4.39 Å². The van der Waals surface area contributed by atoms with Gasteiger partial charge in [-0.3, -0.25) is 0 Å². The van der Waals surface area contributed by atoms with Crippen molar-refractivity contribution in [3.8, 4) is 5.75 Å². The molecule has 3 heteroatoms. The predicted octanol–water partition coefficient (Wildman–Crippen LogP) is 4.37. The molecule has 0 heterocycles. The highest BCUT2D eigenvalue weighted by atomic mass is 35.5. The smallest absolute Gasteiger partial charge is 0.126 e. The fraction of sp³-hybridized carbons (Fsp3) is 0.143. The Balaban J connectivity index is 2.09. The van der Waals surface area contributed by atoms with E-state index in [-0.39, 0.29) is 5.82 Å². The van der Waals surface area contributed by atoms with Crippen LogP contribution in [0.2, 0.25) is 5.02 Å². The lowest BCUT2D eigenvalue weighted by atomic mass is 10.2. The summed E-state index contributed by atoms with van der Waals surface area (Å²) in [5, 5.41) is 0.669. The lowest BCUT2D eigenvalue weighted by molar-refractivity contribution is 0.302. The molecule has 0 aromatic heterocycles. The van der Waals surface area contributed by atoms with Crippen LogP contribution in [-0.2, 0) is 6.61 Å². The fourth-order valence-electron chi connectivity index (χ4n) is 1.52. The molecular formula is C14H12ClFO. The van der Waals surface area contributed by atoms with Crippen molar-refractivity contribution in [1.82, 2.24) is 0 Å². The van der Waals surface area contributed by atoms with Crippen LogP contribution in [0.25, 0.3) is 0 Å². The first kappa shape index (κ1) is 11.9. The average Bonchev–Trinajstić information content (AvgIpc) is 2.30. The van der Waals surface area contributed by atoms with E-state index in [1.54, 1.807) is 12.1 Å². The van der Waals surface area contributed by atoms with Gasteiger partial charge in [-0.15, -0.1) is 0 Å². The topological polar surface area (TPSA) is 9.23 Å². The number of hydrogen-bond donors (Lipinski definition) is 0. The van der Waals surface area contributed by atoms with E-state index < -0.39 is 0 Å². The summed E-state index contributed by atoms with van der Waals surface area (Å²) in [5.41, 5.74) is 1.87. The Hall–Kier alpha value is -1.54. The van der Waals surface area contributed by atoms with Gasteiger partial charge in [0.15, 0.2) is 0 Å². The summed E-state index contributed by atoms with van der Waals surface area (Å²) < 4.78 is 18.6. The number of benzene rings is 2. The number of rotatable bonds is 3. The van der Waals surface area contributed by atoms with Gasteiger partial charge in [0.2, 0.25) is 0 Å². The van der Waals surface area contributed by atoms with Gasteiger partial charge in [-0.2, -0.15) is 0 Å². The summed E-state index contributed by atoms with van der Waals surface area (Å²) in [4.78, 5) is 0. The van der Waals surface area contributed by atoms with Gasteiger partial charge >= 0.3 is 0 Å². The highest BCUT2D eigenvalue weighted by Crippen LogP contribution is 2.20. The highest BCUT2D eigenvalue weighted by Gasteiger charge is 2.02. The van der Waals surface area contributed by atoms with Gasteiger partial charge in [-0.05, 0) is 36.2 Å². The zero-order chi connectivity index (χ0) is 12.3. The van der Waals surface area contributed by atoms with Gasteiger partial charge in [0.1, 0.15) is 18.2 Å². The predicted molar refractivity (Wildman–Crippen MR) is 66.9 cm³/mol. The molecule has 0 bridgehead atoms. The molecule has 1 nitrogen and oxygen atoms in total. The van der Waals surface area contributed by atoms with Crippen LogP contribution in [0.5, 0.6) is 5.75 Å². The van der Waals surface area contributed by atoms with Crippen molar-refractivity contribution in [2.45, 2.75) is 13.5 Å². The van der Waals surface area contributed by atoms with Crippen molar-refractivity contribution in [2.24, 2.45) is 0 Å². The molecule has 2 aromatic rings. The maximum atomic E-state index is 13.0. The third-order valence-electron chi connectivity index (χ3n) is 2.43. The molecule has 0 radical (unpaired) electrons. The molecule has 17 heavy (non-hydrogen) atoms. The third kappa shape index (κ3) is 3.21. The Morgan fingerprint density at radius 2 is 2.00 bits per heavy atom. The summed E-state index contributed by atoms with van der Waals surface area (Å²) in [5.74, 6) is 0.265. The molecular weight excluding hydrogens is 239 g/mol. The van der Waals surface area contributed by atoms with Crippen LogP contribution in [0.15, 0.2) is 42.5 Å². The fourth-order valence-corrected chi connectivity index (χ4v) is 1.73. The van der Waals surface area contributed by atoms with Crippen molar-refractivity contribution >= 4 is 11.6 Å². The summed E-state index contributed by atoms with van der Waals surface area (Å²) in [7, 11) is 0. The molecule has 0 saturated heterocycles. The second kappa shape index (κ2) is 5.19. The van der Waals surface area contributed by atoms with Crippen LogP contribution in [0.4, 0.5) is 4.39 Å². The Labute approximate surface area is 105 Å². The Morgan fingerprint density at radius 3 is 2.76 bits per heavy atom. The maximum absolute atomic E-state index is 13.0. The van der Waals surface area contributed by atoms with Crippen molar-refractivity contribution in [3.63, 3.8) is 0 Å². The normalized spacial score (nSPS) is 10.3. The molecule has 0 saturated carbocycles. The van der Waals surface area contributed by atoms with E-state index in [4.69, 9.17) is 16.3 Å². The van der Waals surface area contributed by atoms with Crippen molar-refractivity contribution in [1.29, 1.82) is 0 Å². The second-order valence-electron chi connectivity index (χ2n) is 3.83. The van der Waals surface area contributed by atoms with Gasteiger partial charge in [-0.1, -0.05) is 29.8 Å². The van der Waals surface area contributed by atoms with Crippen LogP contribution in [0, 0.1) is 12.7 Å². The molecule has 0 amide bonds. The van der Waals surface area contributed by atoms with Gasteiger partial charge in [0.05, 0.1) is 0 Å². The van der Waals surface area contributed by atoms with E-state index in [2.05, 4.69) is 0 Å². The van der Waals surface area contributed by atoms with E-state index in [9.17, 15) is 4.39 Å². The van der Waals surface area contributed by atoms with Crippen LogP contribution in [0.1, 0.15) is 11.1 Å². The summed E-state index contributed by atoms with van der Waals surface area (Å²) in [6.45, 7) is 2.26. The first-order valence-corrected chi connectivity index (χ1v) is 5.66. The minimum Gasteiger partial charge on any atom is -0.489 e. The molecule has 0 atom stereocenters.